The van der Waals surface area contributed by atoms with Crippen molar-refractivity contribution in [1.82, 2.24) is 15.3 Å². The topological polar surface area (TPSA) is 322 Å². The van der Waals surface area contributed by atoms with Gasteiger partial charge in [-0.3, -0.25) is 9.59 Å². The Labute approximate surface area is 399 Å². The predicted octanol–water partition coefficient (Wildman–Crippen LogP) is 1.12. The fraction of sp³-hybridized carbons (Fsp3) is 0.860. The van der Waals surface area contributed by atoms with Gasteiger partial charge in [0.25, 0.3) is 0 Å². The number of nitrogens with one attached hydrogen (secondary N) is 2. The standard InChI is InChI=1S/C50H80N4O14/c1-7-24-15-50(44(65)66)30(16-45(2,21-56)17-35(50)59)28-9-10-34-47(4,49(24,28)6)13-12-33-46(3,22-57)41(68-43-40(63)39(62)32(58)20-67-43)38(61)29(48(33,34)5)14-26-27(19-55)42(64)54-37(26)25(8-11-36(51)60)31-18-52-23-53-31/h9,18,23-27,29-30,32-41,43,55-63H,7-8,10-17,19-22,51H2,1-6H3,(H,52,53)(H,54,64)(H,65,66). The van der Waals surface area contributed by atoms with Crippen molar-refractivity contribution in [2.75, 3.05) is 26.4 Å². The van der Waals surface area contributed by atoms with Crippen LogP contribution in [0.2, 0.25) is 0 Å². The van der Waals surface area contributed by atoms with Crippen LogP contribution in [0.4, 0.5) is 0 Å². The Bertz CT molecular complexity index is 2030. The highest BCUT2D eigenvalue weighted by Crippen LogP contribution is 2.78. The van der Waals surface area contributed by atoms with Crippen LogP contribution in [-0.2, 0) is 19.1 Å². The van der Waals surface area contributed by atoms with Crippen molar-refractivity contribution in [3.63, 3.8) is 0 Å². The largest absolute Gasteiger partial charge is 0.481 e. The van der Waals surface area contributed by atoms with E-state index in [1.54, 1.807) is 6.20 Å². The molecule has 2 saturated heterocycles. The van der Waals surface area contributed by atoms with Gasteiger partial charge in [0.2, 0.25) is 5.91 Å². The number of ether oxygens (including phenoxy) is 2. The lowest BCUT2D eigenvalue weighted by Gasteiger charge is -2.75. The predicted molar refractivity (Wildman–Crippen MR) is 244 cm³/mol. The zero-order valence-electron chi connectivity index (χ0n) is 40.6. The van der Waals surface area contributed by atoms with Gasteiger partial charge in [0, 0.05) is 35.9 Å². The number of carbonyl (C=O) groups is 2. The first kappa shape index (κ1) is 51.8. The van der Waals surface area contributed by atoms with Crippen molar-refractivity contribution < 1.29 is 70.1 Å². The molecule has 1 aromatic heterocycles. The summed E-state index contributed by atoms with van der Waals surface area (Å²) in [6.07, 6.45) is -1.89. The minimum Gasteiger partial charge on any atom is -0.481 e. The van der Waals surface area contributed by atoms with Gasteiger partial charge in [-0.25, -0.2) is 4.98 Å². The number of H-pyrrole nitrogens is 1. The highest BCUT2D eigenvalue weighted by atomic mass is 16.7. The highest BCUT2D eigenvalue weighted by Gasteiger charge is 2.76. The third kappa shape index (κ3) is 7.50. The Balaban J connectivity index is 1.29. The van der Waals surface area contributed by atoms with E-state index in [1.165, 1.54) is 6.33 Å². The number of hydrogen-bond acceptors (Lipinski definition) is 15. The monoisotopic (exact) mass is 961 g/mol. The lowest BCUT2D eigenvalue weighted by Crippen LogP contribution is -2.73. The molecule has 384 valence electrons. The van der Waals surface area contributed by atoms with E-state index in [2.05, 4.69) is 49.1 Å². The summed E-state index contributed by atoms with van der Waals surface area (Å²) in [4.78, 5) is 35.2. The van der Waals surface area contributed by atoms with Crippen molar-refractivity contribution in [3.8, 4) is 0 Å². The number of amides is 1. The summed E-state index contributed by atoms with van der Waals surface area (Å²) in [6.45, 7) is 11.1. The van der Waals surface area contributed by atoms with Crippen LogP contribution in [0, 0.1) is 73.9 Å². The number of carboxylic acid groups (broad SMARTS) is 1. The minimum atomic E-state index is -1.69. The lowest BCUT2D eigenvalue weighted by molar-refractivity contribution is -0.341. The van der Waals surface area contributed by atoms with Crippen LogP contribution < -0.4 is 11.1 Å². The van der Waals surface area contributed by atoms with Gasteiger partial charge >= 0.3 is 5.97 Å². The van der Waals surface area contributed by atoms with Crippen LogP contribution >= 0.6 is 0 Å². The lowest BCUT2D eigenvalue weighted by atomic mass is 9.30. The maximum absolute atomic E-state index is 14.1. The number of nitrogens with zero attached hydrogens (tertiary/aromatic N) is 1. The molecule has 3 heterocycles. The van der Waals surface area contributed by atoms with E-state index < -0.39 is 136 Å². The molecule has 2 aliphatic heterocycles. The molecular formula is C50H80N4O14. The summed E-state index contributed by atoms with van der Waals surface area (Å²) in [6, 6.07) is -0.616. The molecular weight excluding hydrogens is 881 g/mol. The van der Waals surface area contributed by atoms with Gasteiger partial charge in [0.1, 0.15) is 30.0 Å². The Kier molecular flexibility index (Phi) is 14.1. The number of aliphatic carboxylic acids is 1. The van der Waals surface area contributed by atoms with Crippen molar-refractivity contribution in [2.24, 2.45) is 79.6 Å². The third-order valence-corrected chi connectivity index (χ3v) is 20.7. The number of rotatable bonds is 14. The average Bonchev–Trinajstić information content (AvgIpc) is 3.94. The normalized spacial score (nSPS) is 49.9. The number of imidazole rings is 1. The quantitative estimate of drug-likeness (QED) is 0.0706. The molecule has 0 bridgehead atoms. The Hall–Kier alpha value is -2.59. The van der Waals surface area contributed by atoms with Crippen molar-refractivity contribution in [3.05, 3.63) is 29.9 Å². The van der Waals surface area contributed by atoms with Gasteiger partial charge in [-0.1, -0.05) is 59.6 Å². The summed E-state index contributed by atoms with van der Waals surface area (Å²) < 4.78 is 12.4. The van der Waals surface area contributed by atoms with Crippen LogP contribution in [0.5, 0.6) is 0 Å². The number of aromatic nitrogens is 2. The van der Waals surface area contributed by atoms with E-state index in [-0.39, 0.29) is 62.6 Å². The van der Waals surface area contributed by atoms with Crippen LogP contribution in [0.25, 0.3) is 0 Å². The molecule has 1 aromatic rings. The van der Waals surface area contributed by atoms with Crippen molar-refractivity contribution in [1.29, 1.82) is 0 Å². The molecule has 23 atom stereocenters. The Morgan fingerprint density at radius 3 is 2.31 bits per heavy atom. The van der Waals surface area contributed by atoms with Crippen molar-refractivity contribution >= 4 is 11.9 Å². The van der Waals surface area contributed by atoms with Gasteiger partial charge in [-0.15, -0.1) is 0 Å². The smallest absolute Gasteiger partial charge is 0.312 e. The maximum Gasteiger partial charge on any atom is 0.312 e. The molecule has 4 saturated carbocycles. The molecule has 6 fully saturated rings. The van der Waals surface area contributed by atoms with E-state index in [1.807, 2.05) is 13.8 Å². The number of carboxylic acids is 1. The molecule has 18 nitrogen and oxygen atoms in total. The first-order chi connectivity index (χ1) is 32.0. The molecule has 5 aliphatic carbocycles. The van der Waals surface area contributed by atoms with Crippen LogP contribution in [-0.4, -0.2) is 155 Å². The Morgan fingerprint density at radius 2 is 1.71 bits per heavy atom. The molecule has 14 N–H and O–H groups in total. The summed E-state index contributed by atoms with van der Waals surface area (Å²) in [5.41, 5.74) is 2.16. The highest BCUT2D eigenvalue weighted by molar-refractivity contribution is 5.82. The Morgan fingerprint density at radius 1 is 0.985 bits per heavy atom. The fourth-order valence-electron chi connectivity index (χ4n) is 17.0. The molecule has 8 rings (SSSR count). The molecule has 7 aliphatic rings. The number of allylic oxidation sites excluding steroid dienone is 2. The van der Waals surface area contributed by atoms with Crippen LogP contribution in [0.3, 0.4) is 0 Å². The molecule has 0 radical (unpaired) electrons. The zero-order valence-corrected chi connectivity index (χ0v) is 40.6. The van der Waals surface area contributed by atoms with Crippen molar-refractivity contribution in [2.45, 2.75) is 167 Å². The second-order valence-corrected chi connectivity index (χ2v) is 23.7. The molecule has 68 heavy (non-hydrogen) atoms. The number of fused-ring (bicyclic) bond motifs is 7. The number of hydrogen-bond donors (Lipinski definition) is 13. The molecule has 23 unspecified atom stereocenters. The average molecular weight is 961 g/mol. The summed E-state index contributed by atoms with van der Waals surface area (Å²) in [7, 11) is 0. The molecule has 0 spiro atoms. The molecule has 0 aromatic carbocycles. The number of aliphatic hydroxyl groups is 9. The second kappa shape index (κ2) is 18.5. The van der Waals surface area contributed by atoms with E-state index in [0.717, 1.165) is 5.57 Å². The number of aromatic amines is 1. The minimum absolute atomic E-state index is 0.166. The van der Waals surface area contributed by atoms with Gasteiger partial charge < -0.3 is 76.6 Å². The molecule has 1 amide bonds. The maximum atomic E-state index is 14.1. The van der Waals surface area contributed by atoms with Gasteiger partial charge in [0.15, 0.2) is 6.29 Å². The number of nitrogens with two attached hydrogens (primary N) is 1. The SMILES string of the molecule is CCC1CC2(C(=O)O)C(O)CC(C)(CO)CC2C2=CCC3C4(C)C(CC5C(CO)C(=O)NC5C(CCC(N)O)c5cnc[nH]5)C(O)C(OC5OCC(O)C(O)C5O)C(C)(CO)C4CCC3(C)C21C. The van der Waals surface area contributed by atoms with E-state index in [4.69, 9.17) is 15.2 Å². The third-order valence-electron chi connectivity index (χ3n) is 20.7. The van der Waals surface area contributed by atoms with E-state index in [9.17, 15) is 60.7 Å². The second-order valence-electron chi connectivity index (χ2n) is 23.7. The van der Waals surface area contributed by atoms with Gasteiger partial charge in [0.05, 0.1) is 50.4 Å². The summed E-state index contributed by atoms with van der Waals surface area (Å²) in [5.74, 6) is -5.41. The van der Waals surface area contributed by atoms with Crippen LogP contribution in [0.1, 0.15) is 117 Å². The zero-order chi connectivity index (χ0) is 49.7. The first-order valence-electron chi connectivity index (χ1n) is 25.1. The number of aliphatic hydroxyl groups excluding tert-OH is 9. The van der Waals surface area contributed by atoms with Crippen LogP contribution in [0.15, 0.2) is 24.2 Å². The van der Waals surface area contributed by atoms with Gasteiger partial charge in [-0.2, -0.15) is 0 Å². The van der Waals surface area contributed by atoms with Gasteiger partial charge in [-0.05, 0) is 115 Å². The first-order valence-corrected chi connectivity index (χ1v) is 25.1. The van der Waals surface area contributed by atoms with E-state index >= 15 is 0 Å². The van der Waals surface area contributed by atoms with E-state index in [0.29, 0.717) is 44.2 Å². The fourth-order valence-corrected chi connectivity index (χ4v) is 17.0. The number of carbonyl (C=O) groups excluding carboxylic acids is 1. The summed E-state index contributed by atoms with van der Waals surface area (Å²) >= 11 is 0. The summed E-state index contributed by atoms with van der Waals surface area (Å²) in [5, 5.41) is 116. The molecule has 18 heteroatoms.